The van der Waals surface area contributed by atoms with Gasteiger partial charge in [0.25, 0.3) is 0 Å². The van der Waals surface area contributed by atoms with Crippen LogP contribution in [-0.2, 0) is 4.79 Å². The first kappa shape index (κ1) is 18.8. The Hall–Kier alpha value is -2.03. The van der Waals surface area contributed by atoms with Crippen LogP contribution in [0.3, 0.4) is 0 Å². The van der Waals surface area contributed by atoms with E-state index in [1.165, 1.54) is 0 Å². The van der Waals surface area contributed by atoms with Crippen molar-refractivity contribution in [2.24, 2.45) is 0 Å². The molecule has 138 valence electrons. The van der Waals surface area contributed by atoms with Gasteiger partial charge in [-0.1, -0.05) is 29.3 Å². The number of nitrogens with one attached hydrogen (secondary N) is 5. The summed E-state index contributed by atoms with van der Waals surface area (Å²) in [6.45, 7) is 1.90. The number of carbonyl (C=O) groups is 1. The number of methoxy groups -OCH3 is 1. The zero-order valence-electron chi connectivity index (χ0n) is 14.2. The standard InChI is InChI=1S/C17H19Cl2N5O2/c1-9-3-4-11(7-12(9)18)21-17(25)15-16(23-24-22-15)20-10-5-6-14(26-2)13(19)8-10/h3-8,15-16,20,22-24H,1-2H3,(H,21,25). The van der Waals surface area contributed by atoms with Crippen LogP contribution in [0.2, 0.25) is 10.0 Å². The van der Waals surface area contributed by atoms with Crippen LogP contribution in [0.15, 0.2) is 36.4 Å². The lowest BCUT2D eigenvalue weighted by atomic mass is 10.2. The first-order valence-electron chi connectivity index (χ1n) is 7.91. The molecule has 2 aromatic carbocycles. The highest BCUT2D eigenvalue weighted by molar-refractivity contribution is 6.32. The molecule has 26 heavy (non-hydrogen) atoms. The highest BCUT2D eigenvalue weighted by Crippen LogP contribution is 2.27. The van der Waals surface area contributed by atoms with Crippen LogP contribution in [-0.4, -0.2) is 25.2 Å². The lowest BCUT2D eigenvalue weighted by Crippen LogP contribution is -2.47. The van der Waals surface area contributed by atoms with Gasteiger partial charge in [0.2, 0.25) is 5.91 Å². The van der Waals surface area contributed by atoms with Gasteiger partial charge in [-0.3, -0.25) is 4.79 Å². The molecule has 1 aliphatic heterocycles. The van der Waals surface area contributed by atoms with Crippen molar-refractivity contribution in [3.63, 3.8) is 0 Å². The molecule has 0 aromatic heterocycles. The van der Waals surface area contributed by atoms with E-state index in [0.29, 0.717) is 21.5 Å². The van der Waals surface area contributed by atoms with E-state index in [-0.39, 0.29) is 5.91 Å². The molecule has 0 radical (unpaired) electrons. The van der Waals surface area contributed by atoms with Crippen molar-refractivity contribution in [3.05, 3.63) is 52.0 Å². The van der Waals surface area contributed by atoms with Gasteiger partial charge in [-0.15, -0.1) is 0 Å². The first-order valence-corrected chi connectivity index (χ1v) is 8.66. The molecule has 2 unspecified atom stereocenters. The Morgan fingerprint density at radius 2 is 1.81 bits per heavy atom. The summed E-state index contributed by atoms with van der Waals surface area (Å²) in [5.74, 6) is 0.359. The van der Waals surface area contributed by atoms with E-state index in [1.807, 2.05) is 19.1 Å². The second-order valence-electron chi connectivity index (χ2n) is 5.82. The van der Waals surface area contributed by atoms with Gasteiger partial charge in [0, 0.05) is 16.4 Å². The fourth-order valence-corrected chi connectivity index (χ4v) is 2.96. The highest BCUT2D eigenvalue weighted by Gasteiger charge is 2.33. The molecule has 7 nitrogen and oxygen atoms in total. The van der Waals surface area contributed by atoms with Crippen molar-refractivity contribution in [1.82, 2.24) is 16.4 Å². The molecule has 2 atom stereocenters. The Morgan fingerprint density at radius 1 is 1.08 bits per heavy atom. The molecule has 5 N–H and O–H groups in total. The average molecular weight is 396 g/mol. The summed E-state index contributed by atoms with van der Waals surface area (Å²) in [6.07, 6.45) is -0.402. The molecule has 2 aromatic rings. The maximum absolute atomic E-state index is 12.6. The Kier molecular flexibility index (Phi) is 5.85. The van der Waals surface area contributed by atoms with E-state index in [1.54, 1.807) is 31.4 Å². The third-order valence-electron chi connectivity index (χ3n) is 3.98. The molecular formula is C17H19Cl2N5O2. The zero-order valence-corrected chi connectivity index (χ0v) is 15.7. The third kappa shape index (κ3) is 4.20. The topological polar surface area (TPSA) is 86.5 Å². The maximum Gasteiger partial charge on any atom is 0.246 e. The largest absolute Gasteiger partial charge is 0.495 e. The summed E-state index contributed by atoms with van der Waals surface area (Å²) in [4.78, 5) is 12.6. The number of hydrogen-bond donors (Lipinski definition) is 5. The minimum Gasteiger partial charge on any atom is -0.495 e. The van der Waals surface area contributed by atoms with Gasteiger partial charge in [0.1, 0.15) is 18.0 Å². The molecule has 3 rings (SSSR count). The molecule has 1 saturated heterocycles. The molecular weight excluding hydrogens is 377 g/mol. The number of anilines is 2. The molecule has 1 fully saturated rings. The minimum atomic E-state index is -0.573. The molecule has 0 spiro atoms. The van der Waals surface area contributed by atoms with Crippen LogP contribution >= 0.6 is 23.2 Å². The maximum atomic E-state index is 12.6. The van der Waals surface area contributed by atoms with Crippen molar-refractivity contribution < 1.29 is 9.53 Å². The number of carbonyl (C=O) groups excluding carboxylic acids is 1. The predicted octanol–water partition coefficient (Wildman–Crippen LogP) is 2.67. The third-order valence-corrected chi connectivity index (χ3v) is 4.69. The molecule has 1 amide bonds. The molecule has 0 saturated carbocycles. The Balaban J connectivity index is 1.68. The Bertz CT molecular complexity index is 818. The van der Waals surface area contributed by atoms with Crippen LogP contribution in [0.5, 0.6) is 5.75 Å². The fraction of sp³-hybridized carbons (Fsp3) is 0.235. The average Bonchev–Trinajstić information content (AvgIpc) is 3.06. The van der Waals surface area contributed by atoms with Crippen molar-refractivity contribution in [2.45, 2.75) is 19.1 Å². The summed E-state index contributed by atoms with van der Waals surface area (Å²) < 4.78 is 5.14. The number of amides is 1. The summed E-state index contributed by atoms with van der Waals surface area (Å²) in [5, 5.41) is 7.13. The first-order chi connectivity index (χ1) is 12.5. The summed E-state index contributed by atoms with van der Waals surface area (Å²) in [5.41, 5.74) is 10.9. The van der Waals surface area contributed by atoms with E-state index in [0.717, 1.165) is 11.3 Å². The molecule has 0 aliphatic carbocycles. The second-order valence-corrected chi connectivity index (χ2v) is 6.63. The smallest absolute Gasteiger partial charge is 0.246 e. The minimum absolute atomic E-state index is 0.223. The predicted molar refractivity (Wildman–Crippen MR) is 103 cm³/mol. The number of rotatable bonds is 5. The van der Waals surface area contributed by atoms with E-state index in [9.17, 15) is 4.79 Å². The van der Waals surface area contributed by atoms with Crippen LogP contribution in [0, 0.1) is 6.92 Å². The van der Waals surface area contributed by atoms with Crippen LogP contribution in [0.25, 0.3) is 0 Å². The molecule has 0 bridgehead atoms. The zero-order chi connectivity index (χ0) is 18.7. The number of ether oxygens (including phenoxy) is 1. The number of hydrazine groups is 2. The van der Waals surface area contributed by atoms with Crippen molar-refractivity contribution in [2.75, 3.05) is 17.7 Å². The number of hydrogen-bond acceptors (Lipinski definition) is 6. The van der Waals surface area contributed by atoms with E-state index in [4.69, 9.17) is 27.9 Å². The summed E-state index contributed by atoms with van der Waals surface area (Å²) in [6, 6.07) is 10.1. The Labute approximate surface area is 161 Å². The van der Waals surface area contributed by atoms with Gasteiger partial charge in [-0.05, 0) is 42.8 Å². The van der Waals surface area contributed by atoms with E-state index < -0.39 is 12.2 Å². The highest BCUT2D eigenvalue weighted by atomic mass is 35.5. The van der Waals surface area contributed by atoms with Gasteiger partial charge in [0.05, 0.1) is 12.1 Å². The molecule has 9 heteroatoms. The normalized spacial score (nSPS) is 19.2. The quantitative estimate of drug-likeness (QED) is 0.534. The number of benzene rings is 2. The van der Waals surface area contributed by atoms with E-state index >= 15 is 0 Å². The lowest BCUT2D eigenvalue weighted by molar-refractivity contribution is -0.118. The Morgan fingerprint density at radius 3 is 2.50 bits per heavy atom. The van der Waals surface area contributed by atoms with Gasteiger partial charge in [-0.25, -0.2) is 10.9 Å². The summed E-state index contributed by atoms with van der Waals surface area (Å²) in [7, 11) is 1.55. The van der Waals surface area contributed by atoms with Gasteiger partial charge >= 0.3 is 0 Å². The monoisotopic (exact) mass is 395 g/mol. The number of aryl methyl sites for hydroxylation is 1. The second kappa shape index (κ2) is 8.11. The number of halogens is 2. The van der Waals surface area contributed by atoms with Crippen LogP contribution in [0.1, 0.15) is 5.56 Å². The van der Waals surface area contributed by atoms with Crippen molar-refractivity contribution >= 4 is 40.5 Å². The SMILES string of the molecule is COc1ccc(NC2NNNC2C(=O)Nc2ccc(C)c(Cl)c2)cc1Cl. The van der Waals surface area contributed by atoms with E-state index in [2.05, 4.69) is 27.0 Å². The molecule has 1 heterocycles. The molecule has 1 aliphatic rings. The van der Waals surface area contributed by atoms with Crippen LogP contribution in [0.4, 0.5) is 11.4 Å². The van der Waals surface area contributed by atoms with Crippen molar-refractivity contribution in [3.8, 4) is 5.75 Å². The van der Waals surface area contributed by atoms with Gasteiger partial charge in [-0.2, -0.15) is 5.53 Å². The van der Waals surface area contributed by atoms with Gasteiger partial charge in [0.15, 0.2) is 0 Å². The summed E-state index contributed by atoms with van der Waals surface area (Å²) >= 11 is 12.2. The van der Waals surface area contributed by atoms with Crippen molar-refractivity contribution in [1.29, 1.82) is 0 Å². The fourth-order valence-electron chi connectivity index (χ4n) is 2.53. The lowest BCUT2D eigenvalue weighted by Gasteiger charge is -2.20. The van der Waals surface area contributed by atoms with Gasteiger partial charge < -0.3 is 15.4 Å². The van der Waals surface area contributed by atoms with Crippen LogP contribution < -0.4 is 31.8 Å².